The van der Waals surface area contributed by atoms with Crippen LogP contribution >= 0.6 is 0 Å². The maximum absolute atomic E-state index is 9.12. The maximum atomic E-state index is 9.12. The van der Waals surface area contributed by atoms with Crippen LogP contribution in [0.15, 0.2) is 24.5 Å². The molecule has 0 unspecified atom stereocenters. The lowest BCUT2D eigenvalue weighted by Gasteiger charge is -2.19. The van der Waals surface area contributed by atoms with Crippen molar-refractivity contribution in [1.29, 1.82) is 0 Å². The van der Waals surface area contributed by atoms with Gasteiger partial charge in [0.05, 0.1) is 24.1 Å². The number of hydrogen-bond donors (Lipinski definition) is 1. The Morgan fingerprint density at radius 2 is 2.24 bits per heavy atom. The number of aryl methyl sites for hydroxylation is 2. The average Bonchev–Trinajstić information content (AvgIpc) is 2.74. The normalized spacial score (nSPS) is 11.1. The van der Waals surface area contributed by atoms with Gasteiger partial charge in [-0.1, -0.05) is 6.92 Å². The number of aromatic nitrogens is 3. The van der Waals surface area contributed by atoms with E-state index in [1.54, 1.807) is 17.1 Å². The van der Waals surface area contributed by atoms with Crippen LogP contribution in [0.1, 0.15) is 18.2 Å². The molecule has 0 saturated heterocycles. The molecule has 2 rings (SSSR count). The number of ether oxygens (including phenoxy) is 1. The lowest BCUT2D eigenvalue weighted by molar-refractivity contribution is 0.195. The SMILES string of the molecule is CCN(CCO)Cc1c(C)nn(C)c1Oc1cccnc1. The van der Waals surface area contributed by atoms with Gasteiger partial charge in [-0.2, -0.15) is 5.10 Å². The second-order valence-electron chi connectivity index (χ2n) is 4.88. The minimum atomic E-state index is 0.145. The Bertz CT molecular complexity index is 569. The van der Waals surface area contributed by atoms with Crippen LogP contribution < -0.4 is 4.74 Å². The van der Waals surface area contributed by atoms with Crippen molar-refractivity contribution in [1.82, 2.24) is 19.7 Å². The Morgan fingerprint density at radius 3 is 2.86 bits per heavy atom. The van der Waals surface area contributed by atoms with Gasteiger partial charge in [-0.25, -0.2) is 4.68 Å². The first-order chi connectivity index (χ1) is 10.2. The first-order valence-electron chi connectivity index (χ1n) is 7.09. The zero-order chi connectivity index (χ0) is 15.2. The summed E-state index contributed by atoms with van der Waals surface area (Å²) in [5.74, 6) is 1.41. The molecule has 0 spiro atoms. The van der Waals surface area contributed by atoms with Gasteiger partial charge in [0.25, 0.3) is 0 Å². The van der Waals surface area contributed by atoms with Gasteiger partial charge in [0.2, 0.25) is 5.88 Å². The molecule has 0 fully saturated rings. The van der Waals surface area contributed by atoms with Crippen molar-refractivity contribution in [3.8, 4) is 11.6 Å². The molecule has 0 aliphatic heterocycles. The van der Waals surface area contributed by atoms with Gasteiger partial charge in [-0.3, -0.25) is 9.88 Å². The van der Waals surface area contributed by atoms with E-state index in [0.29, 0.717) is 18.8 Å². The minimum absolute atomic E-state index is 0.145. The van der Waals surface area contributed by atoms with Crippen molar-refractivity contribution in [3.63, 3.8) is 0 Å². The van der Waals surface area contributed by atoms with Crippen LogP contribution in [0.5, 0.6) is 11.6 Å². The topological polar surface area (TPSA) is 63.4 Å². The highest BCUT2D eigenvalue weighted by molar-refractivity contribution is 5.34. The highest BCUT2D eigenvalue weighted by Gasteiger charge is 2.18. The summed E-state index contributed by atoms with van der Waals surface area (Å²) in [7, 11) is 1.87. The Kier molecular flexibility index (Phi) is 5.30. The number of aliphatic hydroxyl groups is 1. The third kappa shape index (κ3) is 3.80. The summed E-state index contributed by atoms with van der Waals surface area (Å²) in [4.78, 5) is 6.21. The zero-order valence-electron chi connectivity index (χ0n) is 12.8. The smallest absolute Gasteiger partial charge is 0.222 e. The van der Waals surface area contributed by atoms with E-state index in [1.165, 1.54) is 0 Å². The fourth-order valence-electron chi connectivity index (χ4n) is 2.22. The molecule has 0 amide bonds. The molecule has 0 atom stereocenters. The summed E-state index contributed by atoms with van der Waals surface area (Å²) < 4.78 is 7.67. The third-order valence-electron chi connectivity index (χ3n) is 3.38. The largest absolute Gasteiger partial charge is 0.437 e. The summed E-state index contributed by atoms with van der Waals surface area (Å²) in [5.41, 5.74) is 1.98. The van der Waals surface area contributed by atoms with Crippen molar-refractivity contribution in [2.24, 2.45) is 7.05 Å². The van der Waals surface area contributed by atoms with Gasteiger partial charge in [0.15, 0.2) is 0 Å². The second-order valence-corrected chi connectivity index (χ2v) is 4.88. The predicted molar refractivity (Wildman–Crippen MR) is 80.3 cm³/mol. The van der Waals surface area contributed by atoms with Crippen LogP contribution in [-0.2, 0) is 13.6 Å². The molecule has 114 valence electrons. The summed E-state index contributed by atoms with van der Waals surface area (Å²) in [5, 5.41) is 13.6. The molecule has 21 heavy (non-hydrogen) atoms. The Morgan fingerprint density at radius 1 is 1.43 bits per heavy atom. The number of aliphatic hydroxyl groups excluding tert-OH is 1. The molecular formula is C15H22N4O2. The molecule has 0 saturated carbocycles. The van der Waals surface area contributed by atoms with E-state index in [4.69, 9.17) is 9.84 Å². The first-order valence-corrected chi connectivity index (χ1v) is 7.09. The molecular weight excluding hydrogens is 268 g/mol. The highest BCUT2D eigenvalue weighted by atomic mass is 16.5. The van der Waals surface area contributed by atoms with E-state index < -0.39 is 0 Å². The van der Waals surface area contributed by atoms with E-state index in [9.17, 15) is 0 Å². The van der Waals surface area contributed by atoms with Crippen LogP contribution in [0, 0.1) is 6.92 Å². The quantitative estimate of drug-likeness (QED) is 0.841. The zero-order valence-corrected chi connectivity index (χ0v) is 12.8. The maximum Gasteiger partial charge on any atom is 0.222 e. The molecule has 1 N–H and O–H groups in total. The molecule has 0 bridgehead atoms. The molecule has 6 heteroatoms. The molecule has 2 aromatic heterocycles. The predicted octanol–water partition coefficient (Wildman–Crippen LogP) is 1.73. The van der Waals surface area contributed by atoms with Crippen molar-refractivity contribution < 1.29 is 9.84 Å². The van der Waals surface area contributed by atoms with Crippen molar-refractivity contribution in [2.45, 2.75) is 20.4 Å². The number of nitrogens with zero attached hydrogens (tertiary/aromatic N) is 4. The summed E-state index contributed by atoms with van der Waals surface area (Å²) in [6.07, 6.45) is 3.39. The Balaban J connectivity index is 2.24. The molecule has 0 radical (unpaired) electrons. The highest BCUT2D eigenvalue weighted by Crippen LogP contribution is 2.27. The van der Waals surface area contributed by atoms with E-state index in [2.05, 4.69) is 21.9 Å². The van der Waals surface area contributed by atoms with Crippen LogP contribution in [0.3, 0.4) is 0 Å². The van der Waals surface area contributed by atoms with Gasteiger partial charge in [-0.05, 0) is 25.6 Å². The standard InChI is InChI=1S/C15H22N4O2/c1-4-19(8-9-20)11-14-12(2)17-18(3)15(14)21-13-6-5-7-16-10-13/h5-7,10,20H,4,8-9,11H2,1-3H3. The van der Waals surface area contributed by atoms with Crippen molar-refractivity contribution in [2.75, 3.05) is 19.7 Å². The third-order valence-corrected chi connectivity index (χ3v) is 3.38. The molecule has 0 aliphatic carbocycles. The number of pyridine rings is 1. The van der Waals surface area contributed by atoms with Gasteiger partial charge >= 0.3 is 0 Å². The number of rotatable bonds is 7. The first kappa shape index (κ1) is 15.5. The van der Waals surface area contributed by atoms with E-state index in [1.807, 2.05) is 26.1 Å². The lowest BCUT2D eigenvalue weighted by atomic mass is 10.2. The second kappa shape index (κ2) is 7.19. The Labute approximate surface area is 125 Å². The van der Waals surface area contributed by atoms with Gasteiger partial charge < -0.3 is 9.84 Å². The monoisotopic (exact) mass is 290 g/mol. The molecule has 2 aromatic rings. The fourth-order valence-corrected chi connectivity index (χ4v) is 2.22. The van der Waals surface area contributed by atoms with Crippen LogP contribution in [-0.4, -0.2) is 44.5 Å². The van der Waals surface area contributed by atoms with Gasteiger partial charge in [-0.15, -0.1) is 0 Å². The number of hydrogen-bond acceptors (Lipinski definition) is 5. The molecule has 0 aromatic carbocycles. The Hall–Kier alpha value is -1.92. The van der Waals surface area contributed by atoms with Crippen LogP contribution in [0.4, 0.5) is 0 Å². The van der Waals surface area contributed by atoms with E-state index in [-0.39, 0.29) is 6.61 Å². The van der Waals surface area contributed by atoms with Gasteiger partial charge in [0, 0.05) is 26.3 Å². The minimum Gasteiger partial charge on any atom is -0.437 e. The van der Waals surface area contributed by atoms with Crippen LogP contribution in [0.25, 0.3) is 0 Å². The average molecular weight is 290 g/mol. The molecule has 2 heterocycles. The molecule has 6 nitrogen and oxygen atoms in total. The van der Waals surface area contributed by atoms with E-state index in [0.717, 1.165) is 23.7 Å². The number of likely N-dealkylation sites (N-methyl/N-ethyl adjacent to an activating group) is 1. The fraction of sp³-hybridized carbons (Fsp3) is 0.467. The van der Waals surface area contributed by atoms with Gasteiger partial charge in [0.1, 0.15) is 5.75 Å². The van der Waals surface area contributed by atoms with Crippen molar-refractivity contribution in [3.05, 3.63) is 35.8 Å². The lowest BCUT2D eigenvalue weighted by Crippen LogP contribution is -2.26. The molecule has 0 aliphatic rings. The summed E-state index contributed by atoms with van der Waals surface area (Å²) in [6, 6.07) is 3.70. The summed E-state index contributed by atoms with van der Waals surface area (Å²) >= 11 is 0. The van der Waals surface area contributed by atoms with E-state index >= 15 is 0 Å². The summed E-state index contributed by atoms with van der Waals surface area (Å²) in [6.45, 7) is 6.39. The van der Waals surface area contributed by atoms with Crippen LogP contribution in [0.2, 0.25) is 0 Å². The van der Waals surface area contributed by atoms with Crippen molar-refractivity contribution >= 4 is 0 Å².